The first-order valence-electron chi connectivity index (χ1n) is 6.05. The van der Waals surface area contributed by atoms with Gasteiger partial charge in [-0.2, -0.15) is 0 Å². The lowest BCUT2D eigenvalue weighted by Crippen LogP contribution is -2.53. The second kappa shape index (κ2) is 3.82. The molecule has 2 aliphatic rings. The van der Waals surface area contributed by atoms with Crippen LogP contribution in [-0.4, -0.2) is 30.6 Å². The van der Waals surface area contributed by atoms with Crippen LogP contribution in [0.15, 0.2) is 0 Å². The van der Waals surface area contributed by atoms with Crippen molar-refractivity contribution in [1.29, 1.82) is 0 Å². The third-order valence-corrected chi connectivity index (χ3v) is 3.84. The first-order chi connectivity index (χ1) is 6.57. The summed E-state index contributed by atoms with van der Waals surface area (Å²) in [5, 5.41) is 0. The van der Waals surface area contributed by atoms with Crippen LogP contribution in [0.5, 0.6) is 0 Å². The molecule has 2 atom stereocenters. The van der Waals surface area contributed by atoms with E-state index in [-0.39, 0.29) is 0 Å². The summed E-state index contributed by atoms with van der Waals surface area (Å²) in [5.41, 5.74) is 6.64. The van der Waals surface area contributed by atoms with Gasteiger partial charge in [0.1, 0.15) is 0 Å². The molecule has 2 N–H and O–H groups in total. The van der Waals surface area contributed by atoms with Crippen LogP contribution in [0.25, 0.3) is 0 Å². The van der Waals surface area contributed by atoms with Crippen molar-refractivity contribution in [3.05, 3.63) is 0 Å². The molecular formula is C12H24N2. The fourth-order valence-electron chi connectivity index (χ4n) is 3.09. The molecule has 0 aromatic rings. The van der Waals surface area contributed by atoms with E-state index in [0.29, 0.717) is 11.5 Å². The van der Waals surface area contributed by atoms with E-state index in [2.05, 4.69) is 18.7 Å². The minimum absolute atomic E-state index is 0.504. The third-order valence-electron chi connectivity index (χ3n) is 3.84. The standard InChI is InChI=1S/C12H24N2/c1-12(2)8-14(9-12)7-6-10-4-3-5-11(10)13/h10-11H,3-9,13H2,1-2H3. The van der Waals surface area contributed by atoms with E-state index in [1.165, 1.54) is 45.3 Å². The molecule has 2 heteroatoms. The summed E-state index contributed by atoms with van der Waals surface area (Å²) in [6, 6.07) is 0.504. The lowest BCUT2D eigenvalue weighted by molar-refractivity contribution is 0.0265. The highest BCUT2D eigenvalue weighted by atomic mass is 15.2. The second-order valence-corrected chi connectivity index (χ2v) is 6.02. The maximum atomic E-state index is 6.06. The van der Waals surface area contributed by atoms with Crippen molar-refractivity contribution < 1.29 is 0 Å². The Balaban J connectivity index is 1.64. The summed E-state index contributed by atoms with van der Waals surface area (Å²) >= 11 is 0. The molecule has 2 fully saturated rings. The highest BCUT2D eigenvalue weighted by molar-refractivity contribution is 4.89. The summed E-state index contributed by atoms with van der Waals surface area (Å²) in [7, 11) is 0. The molecular weight excluding hydrogens is 172 g/mol. The highest BCUT2D eigenvalue weighted by Crippen LogP contribution is 2.31. The van der Waals surface area contributed by atoms with Crippen LogP contribution in [0, 0.1) is 11.3 Å². The van der Waals surface area contributed by atoms with Gasteiger partial charge in [-0.05, 0) is 37.1 Å². The van der Waals surface area contributed by atoms with Gasteiger partial charge in [0.15, 0.2) is 0 Å². The van der Waals surface area contributed by atoms with Crippen molar-refractivity contribution in [1.82, 2.24) is 4.90 Å². The quantitative estimate of drug-likeness (QED) is 0.746. The van der Waals surface area contributed by atoms with E-state index in [9.17, 15) is 0 Å². The maximum Gasteiger partial charge on any atom is 0.00676 e. The van der Waals surface area contributed by atoms with Crippen molar-refractivity contribution in [3.8, 4) is 0 Å². The molecule has 82 valence electrons. The monoisotopic (exact) mass is 196 g/mol. The van der Waals surface area contributed by atoms with E-state index >= 15 is 0 Å². The second-order valence-electron chi connectivity index (χ2n) is 6.02. The summed E-state index contributed by atoms with van der Waals surface area (Å²) in [4.78, 5) is 2.57. The smallest absolute Gasteiger partial charge is 0.00676 e. The Bertz CT molecular complexity index is 192. The highest BCUT2D eigenvalue weighted by Gasteiger charge is 2.34. The van der Waals surface area contributed by atoms with Crippen LogP contribution >= 0.6 is 0 Å². The van der Waals surface area contributed by atoms with Gasteiger partial charge in [-0.3, -0.25) is 0 Å². The van der Waals surface area contributed by atoms with E-state index in [0.717, 1.165) is 5.92 Å². The van der Waals surface area contributed by atoms with Gasteiger partial charge in [-0.1, -0.05) is 20.3 Å². The summed E-state index contributed by atoms with van der Waals surface area (Å²) in [5.74, 6) is 0.818. The number of hydrogen-bond acceptors (Lipinski definition) is 2. The topological polar surface area (TPSA) is 29.3 Å². The van der Waals surface area contributed by atoms with Gasteiger partial charge in [0, 0.05) is 19.1 Å². The molecule has 1 saturated heterocycles. The summed E-state index contributed by atoms with van der Waals surface area (Å²) in [6.45, 7) is 8.56. The van der Waals surface area contributed by atoms with Crippen LogP contribution in [0.1, 0.15) is 39.5 Å². The number of hydrogen-bond donors (Lipinski definition) is 1. The van der Waals surface area contributed by atoms with Crippen LogP contribution in [0.3, 0.4) is 0 Å². The van der Waals surface area contributed by atoms with E-state index in [1.807, 2.05) is 0 Å². The number of nitrogens with zero attached hydrogens (tertiary/aromatic N) is 1. The average molecular weight is 196 g/mol. The van der Waals surface area contributed by atoms with Crippen molar-refractivity contribution in [2.45, 2.75) is 45.6 Å². The zero-order chi connectivity index (χ0) is 10.2. The molecule has 2 unspecified atom stereocenters. The van der Waals surface area contributed by atoms with Crippen molar-refractivity contribution in [2.75, 3.05) is 19.6 Å². The van der Waals surface area contributed by atoms with Crippen molar-refractivity contribution in [2.24, 2.45) is 17.1 Å². The minimum Gasteiger partial charge on any atom is -0.327 e. The molecule has 2 nitrogen and oxygen atoms in total. The Hall–Kier alpha value is -0.0800. The Morgan fingerprint density at radius 1 is 1.29 bits per heavy atom. The van der Waals surface area contributed by atoms with Gasteiger partial charge >= 0.3 is 0 Å². The van der Waals surface area contributed by atoms with E-state index in [1.54, 1.807) is 0 Å². The SMILES string of the molecule is CC1(C)CN(CCC2CCCC2N)C1. The Morgan fingerprint density at radius 3 is 2.50 bits per heavy atom. The van der Waals surface area contributed by atoms with Gasteiger partial charge in [0.2, 0.25) is 0 Å². The number of likely N-dealkylation sites (tertiary alicyclic amines) is 1. The first kappa shape index (κ1) is 10.4. The predicted molar refractivity (Wildman–Crippen MR) is 60.2 cm³/mol. The molecule has 0 spiro atoms. The average Bonchev–Trinajstić information content (AvgIpc) is 2.44. The van der Waals surface area contributed by atoms with Gasteiger partial charge in [0.05, 0.1) is 0 Å². The van der Waals surface area contributed by atoms with Gasteiger partial charge in [0.25, 0.3) is 0 Å². The molecule has 1 aliphatic carbocycles. The van der Waals surface area contributed by atoms with Crippen molar-refractivity contribution >= 4 is 0 Å². The van der Waals surface area contributed by atoms with Crippen LogP contribution < -0.4 is 5.73 Å². The number of rotatable bonds is 3. The van der Waals surface area contributed by atoms with Gasteiger partial charge in [-0.15, -0.1) is 0 Å². The largest absolute Gasteiger partial charge is 0.327 e. The first-order valence-corrected chi connectivity index (χ1v) is 6.05. The van der Waals surface area contributed by atoms with Gasteiger partial charge in [-0.25, -0.2) is 0 Å². The summed E-state index contributed by atoms with van der Waals surface area (Å²) in [6.07, 6.45) is 5.32. The minimum atomic E-state index is 0.504. The molecule has 2 rings (SSSR count). The molecule has 1 heterocycles. The van der Waals surface area contributed by atoms with Gasteiger partial charge < -0.3 is 10.6 Å². The van der Waals surface area contributed by atoms with E-state index in [4.69, 9.17) is 5.73 Å². The molecule has 0 radical (unpaired) electrons. The molecule has 1 aliphatic heterocycles. The zero-order valence-electron chi connectivity index (χ0n) is 9.63. The van der Waals surface area contributed by atoms with Crippen LogP contribution in [0.4, 0.5) is 0 Å². The normalized spacial score (nSPS) is 37.1. The predicted octanol–water partition coefficient (Wildman–Crippen LogP) is 1.85. The Kier molecular flexibility index (Phi) is 2.85. The Morgan fingerprint density at radius 2 is 2.00 bits per heavy atom. The molecule has 0 bridgehead atoms. The molecule has 0 aromatic heterocycles. The Labute approximate surface area is 87.8 Å². The molecule has 0 amide bonds. The molecule has 0 aromatic carbocycles. The third kappa shape index (κ3) is 2.29. The molecule has 1 saturated carbocycles. The molecule has 14 heavy (non-hydrogen) atoms. The van der Waals surface area contributed by atoms with Crippen LogP contribution in [0.2, 0.25) is 0 Å². The van der Waals surface area contributed by atoms with Crippen LogP contribution in [-0.2, 0) is 0 Å². The van der Waals surface area contributed by atoms with Crippen molar-refractivity contribution in [3.63, 3.8) is 0 Å². The zero-order valence-corrected chi connectivity index (χ0v) is 9.63. The lowest BCUT2D eigenvalue weighted by atomic mass is 9.84. The van der Waals surface area contributed by atoms with E-state index < -0.39 is 0 Å². The lowest BCUT2D eigenvalue weighted by Gasteiger charge is -2.46. The number of nitrogens with two attached hydrogens (primary N) is 1. The fourth-order valence-corrected chi connectivity index (χ4v) is 3.09. The maximum absolute atomic E-state index is 6.06. The summed E-state index contributed by atoms with van der Waals surface area (Å²) < 4.78 is 0. The fraction of sp³-hybridized carbons (Fsp3) is 1.00.